The average molecular weight is 528 g/mol. The summed E-state index contributed by atoms with van der Waals surface area (Å²) < 4.78 is 36.5. The number of fused-ring (bicyclic) bond motifs is 5. The van der Waals surface area contributed by atoms with Crippen LogP contribution in [0, 0.1) is 40.4 Å². The molecule has 0 radical (unpaired) electrons. The van der Waals surface area contributed by atoms with Crippen molar-refractivity contribution in [3.63, 3.8) is 0 Å². The molecule has 0 unspecified atom stereocenters. The van der Waals surface area contributed by atoms with E-state index in [0.29, 0.717) is 49.4 Å². The number of carboxylic acids is 1. The van der Waals surface area contributed by atoms with Crippen molar-refractivity contribution in [2.24, 2.45) is 40.4 Å². The molecule has 3 fully saturated rings. The first-order valence-electron chi connectivity index (χ1n) is 13.3. The minimum absolute atomic E-state index is 0.0755. The van der Waals surface area contributed by atoms with Crippen molar-refractivity contribution in [1.82, 2.24) is 5.32 Å². The Balaban J connectivity index is 1.46. The van der Waals surface area contributed by atoms with Crippen LogP contribution in [0.5, 0.6) is 0 Å². The van der Waals surface area contributed by atoms with Crippen molar-refractivity contribution in [2.45, 2.75) is 90.8 Å². The molecule has 4 aliphatic carbocycles. The Morgan fingerprint density at radius 2 is 1.89 bits per heavy atom. The summed E-state index contributed by atoms with van der Waals surface area (Å²) in [5.41, 5.74) is 1.01. The number of carboxylic acid groups (broad SMARTS) is 1. The van der Waals surface area contributed by atoms with E-state index in [1.54, 1.807) is 0 Å². The number of rotatable bonds is 8. The van der Waals surface area contributed by atoms with Gasteiger partial charge >= 0.3 is 16.4 Å². The zero-order valence-corrected chi connectivity index (χ0v) is 22.3. The number of aliphatic hydroxyl groups is 1. The third kappa shape index (κ3) is 5.24. The van der Waals surface area contributed by atoms with Crippen LogP contribution in [0.3, 0.4) is 0 Å². The Morgan fingerprint density at radius 1 is 1.17 bits per heavy atom. The van der Waals surface area contributed by atoms with Crippen molar-refractivity contribution >= 4 is 22.3 Å². The van der Waals surface area contributed by atoms with E-state index in [-0.39, 0.29) is 29.2 Å². The SMILES string of the molecule is C[C@H](CCC(=O)NCC(=O)O)[C@H]1CC[C@H]2[C@@H]3[C@H](O)C=C4C[C@@H](OS(=O)(=O)O)CC[C@]4(C)[C@H]3CC[C@]12C. The number of amides is 1. The summed E-state index contributed by atoms with van der Waals surface area (Å²) in [6.45, 7) is 6.45. The average Bonchev–Trinajstić information content (AvgIpc) is 3.13. The maximum absolute atomic E-state index is 12.1. The molecule has 0 aromatic heterocycles. The highest BCUT2D eigenvalue weighted by molar-refractivity contribution is 7.80. The highest BCUT2D eigenvalue weighted by Gasteiger charge is 2.61. The Morgan fingerprint density at radius 3 is 2.56 bits per heavy atom. The lowest BCUT2D eigenvalue weighted by atomic mass is 9.46. The van der Waals surface area contributed by atoms with Gasteiger partial charge in [-0.15, -0.1) is 0 Å². The fourth-order valence-electron chi connectivity index (χ4n) is 8.67. The molecule has 204 valence electrons. The van der Waals surface area contributed by atoms with E-state index in [1.165, 1.54) is 0 Å². The first-order valence-corrected chi connectivity index (χ1v) is 14.6. The van der Waals surface area contributed by atoms with Gasteiger partial charge < -0.3 is 15.5 Å². The quantitative estimate of drug-likeness (QED) is 0.277. The lowest BCUT2D eigenvalue weighted by Gasteiger charge is -2.59. The molecular weight excluding hydrogens is 486 g/mol. The fraction of sp³-hybridized carbons (Fsp3) is 0.846. The summed E-state index contributed by atoms with van der Waals surface area (Å²) in [6, 6.07) is 0. The zero-order chi connectivity index (χ0) is 26.5. The second-order valence-corrected chi connectivity index (χ2v) is 13.2. The molecule has 4 aliphatic rings. The molecule has 0 aliphatic heterocycles. The number of aliphatic carboxylic acids is 1. The van der Waals surface area contributed by atoms with E-state index in [0.717, 1.165) is 37.7 Å². The third-order valence-electron chi connectivity index (χ3n) is 10.4. The van der Waals surface area contributed by atoms with Crippen LogP contribution in [0.25, 0.3) is 0 Å². The molecule has 0 aromatic carbocycles. The normalized spacial score (nSPS) is 40.9. The Labute approximate surface area is 214 Å². The Bertz CT molecular complexity index is 1010. The molecule has 4 rings (SSSR count). The summed E-state index contributed by atoms with van der Waals surface area (Å²) in [6.07, 6.45) is 7.66. The monoisotopic (exact) mass is 527 g/mol. The topological polar surface area (TPSA) is 150 Å². The van der Waals surface area contributed by atoms with Gasteiger partial charge in [-0.05, 0) is 91.8 Å². The standard InChI is InChI=1S/C26H41NO8S/c1-15(4-7-22(29)27-14-23(30)31)18-5-6-19-24-20(9-11-26(18,19)3)25(2)10-8-17(35-36(32,33)34)12-16(25)13-21(24)28/h13,15,17-21,24,28H,4-12,14H2,1-3H3,(H,27,29)(H,30,31)(H,32,33,34)/t15-,17+,18-,19+,20+,21-,24+,25+,26-/m1/s1. The van der Waals surface area contributed by atoms with E-state index in [9.17, 15) is 23.1 Å². The maximum atomic E-state index is 12.1. The Hall–Kier alpha value is -1.49. The molecule has 1 amide bonds. The van der Waals surface area contributed by atoms with Crippen LogP contribution in [0.2, 0.25) is 0 Å². The predicted octanol–water partition coefficient (Wildman–Crippen LogP) is 3.34. The number of carbonyl (C=O) groups is 2. The molecule has 0 bridgehead atoms. The van der Waals surface area contributed by atoms with E-state index in [4.69, 9.17) is 13.8 Å². The van der Waals surface area contributed by atoms with Crippen LogP contribution in [0.4, 0.5) is 0 Å². The zero-order valence-electron chi connectivity index (χ0n) is 21.5. The molecular formula is C26H41NO8S. The predicted molar refractivity (Wildman–Crippen MR) is 132 cm³/mol. The summed E-state index contributed by atoms with van der Waals surface area (Å²) in [5, 5.41) is 22.6. The van der Waals surface area contributed by atoms with Crippen LogP contribution in [0.1, 0.15) is 78.6 Å². The van der Waals surface area contributed by atoms with Gasteiger partial charge in [-0.1, -0.05) is 32.4 Å². The maximum Gasteiger partial charge on any atom is 0.397 e. The van der Waals surface area contributed by atoms with E-state index in [1.807, 2.05) is 6.08 Å². The fourth-order valence-corrected chi connectivity index (χ4v) is 9.18. The second-order valence-electron chi connectivity index (χ2n) is 12.2. The first-order chi connectivity index (χ1) is 16.7. The van der Waals surface area contributed by atoms with Crippen LogP contribution in [0.15, 0.2) is 11.6 Å². The Kier molecular flexibility index (Phi) is 7.65. The minimum atomic E-state index is -4.51. The van der Waals surface area contributed by atoms with E-state index >= 15 is 0 Å². The lowest BCUT2D eigenvalue weighted by Crippen LogP contribution is -2.55. The van der Waals surface area contributed by atoms with Gasteiger partial charge in [0.15, 0.2) is 0 Å². The van der Waals surface area contributed by atoms with Crippen LogP contribution >= 0.6 is 0 Å². The lowest BCUT2D eigenvalue weighted by molar-refractivity contribution is -0.138. The molecule has 0 heterocycles. The van der Waals surface area contributed by atoms with Crippen molar-refractivity contribution in [2.75, 3.05) is 6.54 Å². The van der Waals surface area contributed by atoms with Gasteiger partial charge in [0.2, 0.25) is 5.91 Å². The number of nitrogens with one attached hydrogen (secondary N) is 1. The van der Waals surface area contributed by atoms with Gasteiger partial charge in [-0.2, -0.15) is 8.42 Å². The molecule has 0 aromatic rings. The highest BCUT2D eigenvalue weighted by atomic mass is 32.3. The molecule has 36 heavy (non-hydrogen) atoms. The van der Waals surface area contributed by atoms with Crippen molar-refractivity contribution in [3.8, 4) is 0 Å². The molecule has 10 heteroatoms. The third-order valence-corrected chi connectivity index (χ3v) is 10.9. The molecule has 4 N–H and O–H groups in total. The van der Waals surface area contributed by atoms with Gasteiger partial charge in [-0.3, -0.25) is 14.1 Å². The minimum Gasteiger partial charge on any atom is -0.480 e. The molecule has 9 atom stereocenters. The number of aliphatic hydroxyl groups excluding tert-OH is 1. The first kappa shape index (κ1) is 27.5. The molecule has 3 saturated carbocycles. The van der Waals surface area contributed by atoms with Crippen molar-refractivity contribution < 1.29 is 37.0 Å². The van der Waals surface area contributed by atoms with Crippen molar-refractivity contribution in [1.29, 1.82) is 0 Å². The van der Waals surface area contributed by atoms with Gasteiger partial charge in [0.25, 0.3) is 0 Å². The number of hydrogen-bond donors (Lipinski definition) is 4. The molecule has 0 spiro atoms. The second kappa shape index (κ2) is 10.0. The number of carbonyl (C=O) groups excluding carboxylic acids is 1. The largest absolute Gasteiger partial charge is 0.480 e. The van der Waals surface area contributed by atoms with Gasteiger partial charge in [-0.25, -0.2) is 4.18 Å². The molecule has 9 nitrogen and oxygen atoms in total. The smallest absolute Gasteiger partial charge is 0.397 e. The van der Waals surface area contributed by atoms with Gasteiger partial charge in [0, 0.05) is 6.42 Å². The van der Waals surface area contributed by atoms with Crippen LogP contribution in [-0.4, -0.2) is 53.8 Å². The van der Waals surface area contributed by atoms with E-state index < -0.39 is 28.6 Å². The summed E-state index contributed by atoms with van der Waals surface area (Å²) >= 11 is 0. The molecule has 0 saturated heterocycles. The summed E-state index contributed by atoms with van der Waals surface area (Å²) in [7, 11) is -4.51. The van der Waals surface area contributed by atoms with Crippen molar-refractivity contribution in [3.05, 3.63) is 11.6 Å². The van der Waals surface area contributed by atoms with Gasteiger partial charge in [0.1, 0.15) is 6.54 Å². The van der Waals surface area contributed by atoms with Crippen LogP contribution < -0.4 is 5.32 Å². The summed E-state index contributed by atoms with van der Waals surface area (Å²) in [5.74, 6) is 0.328. The highest BCUT2D eigenvalue weighted by Crippen LogP contribution is 2.67. The summed E-state index contributed by atoms with van der Waals surface area (Å²) in [4.78, 5) is 22.8. The number of hydrogen-bond acceptors (Lipinski definition) is 6. The van der Waals surface area contributed by atoms with E-state index in [2.05, 4.69) is 26.1 Å². The van der Waals surface area contributed by atoms with Crippen LogP contribution in [-0.2, 0) is 24.2 Å². The van der Waals surface area contributed by atoms with Gasteiger partial charge in [0.05, 0.1) is 12.2 Å².